The maximum atomic E-state index is 13.1. The average molecular weight is 503 g/mol. The first-order valence-electron chi connectivity index (χ1n) is 10.4. The van der Waals surface area contributed by atoms with E-state index in [0.29, 0.717) is 18.0 Å². The second kappa shape index (κ2) is 9.95. The summed E-state index contributed by atoms with van der Waals surface area (Å²) in [6.07, 6.45) is -4.63. The number of carbonyl (C=O) groups excluding carboxylic acids is 1. The zero-order chi connectivity index (χ0) is 24.3. The molecule has 34 heavy (non-hydrogen) atoms. The van der Waals surface area contributed by atoms with Gasteiger partial charge in [-0.3, -0.25) is 9.53 Å². The van der Waals surface area contributed by atoms with E-state index in [-0.39, 0.29) is 49.3 Å². The molecule has 2 aromatic rings. The van der Waals surface area contributed by atoms with Crippen LogP contribution in [-0.4, -0.2) is 68.5 Å². The molecular formula is C22H22ClF3N2O6. The van der Waals surface area contributed by atoms with Crippen LogP contribution in [0, 0.1) is 0 Å². The van der Waals surface area contributed by atoms with Gasteiger partial charge in [-0.25, -0.2) is 4.98 Å². The van der Waals surface area contributed by atoms with Crippen molar-refractivity contribution in [3.63, 3.8) is 0 Å². The first kappa shape index (κ1) is 24.5. The molecule has 0 radical (unpaired) electrons. The standard InChI is InChI=1S/C22H22ClF3N2O6/c1-30-19-17(31-9-10-33-22(24,25)26)6-5-16(27-19)20(29)28-8-7-21(18(12-28)32-13-34-21)14-3-2-4-15(23)11-14/h2-6,11,18H,7-10,12-13H2,1H3/t18?,21-/m1/s1. The summed E-state index contributed by atoms with van der Waals surface area (Å²) >= 11 is 6.16. The van der Waals surface area contributed by atoms with E-state index in [9.17, 15) is 18.0 Å². The highest BCUT2D eigenvalue weighted by Crippen LogP contribution is 2.43. The summed E-state index contributed by atoms with van der Waals surface area (Å²) in [6.45, 7) is -0.291. The zero-order valence-electron chi connectivity index (χ0n) is 18.1. The highest BCUT2D eigenvalue weighted by atomic mass is 35.5. The van der Waals surface area contributed by atoms with Gasteiger partial charge in [0.1, 0.15) is 30.8 Å². The summed E-state index contributed by atoms with van der Waals surface area (Å²) in [5.41, 5.74) is 0.304. The Morgan fingerprint density at radius 1 is 1.29 bits per heavy atom. The number of carbonyl (C=O) groups is 1. The molecule has 0 spiro atoms. The molecule has 4 rings (SSSR count). The highest BCUT2D eigenvalue weighted by molar-refractivity contribution is 6.30. The van der Waals surface area contributed by atoms with Gasteiger partial charge in [-0.1, -0.05) is 23.7 Å². The van der Waals surface area contributed by atoms with Crippen molar-refractivity contribution in [3.8, 4) is 11.6 Å². The van der Waals surface area contributed by atoms with E-state index in [1.165, 1.54) is 19.2 Å². The number of pyridine rings is 1. The van der Waals surface area contributed by atoms with Crippen LogP contribution < -0.4 is 9.47 Å². The van der Waals surface area contributed by atoms with Gasteiger partial charge >= 0.3 is 6.36 Å². The van der Waals surface area contributed by atoms with Crippen LogP contribution in [0.1, 0.15) is 22.5 Å². The van der Waals surface area contributed by atoms with Crippen LogP contribution in [0.4, 0.5) is 13.2 Å². The summed E-state index contributed by atoms with van der Waals surface area (Å²) in [7, 11) is 1.32. The van der Waals surface area contributed by atoms with E-state index in [4.69, 9.17) is 30.5 Å². The number of aromatic nitrogens is 1. The molecule has 0 saturated carbocycles. The molecule has 3 heterocycles. The molecule has 2 saturated heterocycles. The van der Waals surface area contributed by atoms with Crippen molar-refractivity contribution in [1.29, 1.82) is 0 Å². The molecule has 1 unspecified atom stereocenters. The SMILES string of the molecule is COc1nc(C(=O)N2CC[C@]3(c4cccc(Cl)c4)OCOC3C2)ccc1OCCOC(F)(F)F. The topological polar surface area (TPSA) is 79.4 Å². The quantitative estimate of drug-likeness (QED) is 0.533. The van der Waals surface area contributed by atoms with Gasteiger partial charge in [-0.15, -0.1) is 13.2 Å². The average Bonchev–Trinajstić information content (AvgIpc) is 3.25. The monoisotopic (exact) mass is 502 g/mol. The number of piperidine rings is 1. The molecule has 184 valence electrons. The van der Waals surface area contributed by atoms with Crippen molar-refractivity contribution < 1.29 is 41.7 Å². The number of benzene rings is 1. The lowest BCUT2D eigenvalue weighted by molar-refractivity contribution is -0.325. The normalized spacial score (nSPS) is 22.4. The third kappa shape index (κ3) is 5.22. The molecule has 2 atom stereocenters. The summed E-state index contributed by atoms with van der Waals surface area (Å²) in [5.74, 6) is -0.278. The molecule has 0 N–H and O–H groups in total. The van der Waals surface area contributed by atoms with Crippen molar-refractivity contribution >= 4 is 17.5 Å². The van der Waals surface area contributed by atoms with E-state index < -0.39 is 18.6 Å². The number of methoxy groups -OCH3 is 1. The Balaban J connectivity index is 1.43. The summed E-state index contributed by atoms with van der Waals surface area (Å²) in [5, 5.41) is 0.586. The van der Waals surface area contributed by atoms with Gasteiger partial charge < -0.3 is 23.8 Å². The van der Waals surface area contributed by atoms with E-state index in [1.807, 2.05) is 18.2 Å². The van der Waals surface area contributed by atoms with Gasteiger partial charge in [-0.05, 0) is 29.8 Å². The van der Waals surface area contributed by atoms with Gasteiger partial charge in [0.05, 0.1) is 20.3 Å². The minimum atomic E-state index is -4.74. The predicted molar refractivity (Wildman–Crippen MR) is 113 cm³/mol. The fraction of sp³-hybridized carbons (Fsp3) is 0.455. The molecule has 0 bridgehead atoms. The summed E-state index contributed by atoms with van der Waals surface area (Å²) in [6, 6.07) is 10.2. The Kier molecular flexibility index (Phi) is 7.17. The molecular weight excluding hydrogens is 481 g/mol. The van der Waals surface area contributed by atoms with Crippen LogP contribution in [0.5, 0.6) is 11.6 Å². The number of halogens is 4. The first-order chi connectivity index (χ1) is 16.2. The molecule has 12 heteroatoms. The lowest BCUT2D eigenvalue weighted by atomic mass is 9.82. The predicted octanol–water partition coefficient (Wildman–Crippen LogP) is 3.77. The molecule has 8 nitrogen and oxygen atoms in total. The maximum absolute atomic E-state index is 13.1. The molecule has 0 aliphatic carbocycles. The van der Waals surface area contributed by atoms with Crippen LogP contribution >= 0.6 is 11.6 Å². The number of likely N-dealkylation sites (tertiary alicyclic amines) is 1. The van der Waals surface area contributed by atoms with E-state index in [2.05, 4.69) is 9.72 Å². The number of alkyl halides is 3. The molecule has 1 amide bonds. The Hall–Kier alpha value is -2.60. The van der Waals surface area contributed by atoms with Crippen LogP contribution in [0.15, 0.2) is 36.4 Å². The molecule has 1 aromatic carbocycles. The Labute approximate surface area is 198 Å². The van der Waals surface area contributed by atoms with Gasteiger partial charge in [0.25, 0.3) is 11.8 Å². The minimum absolute atomic E-state index is 0.0245. The number of amides is 1. The van der Waals surface area contributed by atoms with E-state index >= 15 is 0 Å². The molecule has 1 aromatic heterocycles. The maximum Gasteiger partial charge on any atom is 0.522 e. The second-order valence-electron chi connectivity index (χ2n) is 7.67. The summed E-state index contributed by atoms with van der Waals surface area (Å²) in [4.78, 5) is 18.9. The second-order valence-corrected chi connectivity index (χ2v) is 8.10. The van der Waals surface area contributed by atoms with Crippen molar-refractivity contribution in [2.45, 2.75) is 24.5 Å². The fourth-order valence-electron chi connectivity index (χ4n) is 4.10. The fourth-order valence-corrected chi connectivity index (χ4v) is 4.29. The summed E-state index contributed by atoms with van der Waals surface area (Å²) < 4.78 is 62.1. The Morgan fingerprint density at radius 3 is 2.85 bits per heavy atom. The van der Waals surface area contributed by atoms with Crippen molar-refractivity contribution in [2.24, 2.45) is 0 Å². The smallest absolute Gasteiger partial charge is 0.486 e. The van der Waals surface area contributed by atoms with E-state index in [1.54, 1.807) is 11.0 Å². The number of hydrogen-bond donors (Lipinski definition) is 0. The zero-order valence-corrected chi connectivity index (χ0v) is 18.9. The van der Waals surface area contributed by atoms with Crippen LogP contribution in [0.25, 0.3) is 0 Å². The number of nitrogens with zero attached hydrogens (tertiary/aromatic N) is 2. The van der Waals surface area contributed by atoms with E-state index in [0.717, 1.165) is 5.56 Å². The number of rotatable bonds is 7. The van der Waals surface area contributed by atoms with Gasteiger partial charge in [0.15, 0.2) is 5.75 Å². The van der Waals surface area contributed by atoms with Gasteiger partial charge in [0, 0.05) is 18.0 Å². The van der Waals surface area contributed by atoms with Crippen LogP contribution in [-0.2, 0) is 19.8 Å². The molecule has 2 aliphatic heterocycles. The van der Waals surface area contributed by atoms with Crippen LogP contribution in [0.2, 0.25) is 5.02 Å². The Morgan fingerprint density at radius 2 is 2.12 bits per heavy atom. The van der Waals surface area contributed by atoms with Gasteiger partial charge in [0.2, 0.25) is 0 Å². The lowest BCUT2D eigenvalue weighted by Gasteiger charge is -2.41. The van der Waals surface area contributed by atoms with Crippen molar-refractivity contribution in [2.75, 3.05) is 40.2 Å². The first-order valence-corrected chi connectivity index (χ1v) is 10.8. The van der Waals surface area contributed by atoms with Crippen LogP contribution in [0.3, 0.4) is 0 Å². The lowest BCUT2D eigenvalue weighted by Crippen LogP contribution is -2.53. The molecule has 2 aliphatic rings. The van der Waals surface area contributed by atoms with Crippen molar-refractivity contribution in [3.05, 3.63) is 52.7 Å². The minimum Gasteiger partial charge on any atom is -0.486 e. The number of fused-ring (bicyclic) bond motifs is 1. The highest BCUT2D eigenvalue weighted by Gasteiger charge is 2.51. The largest absolute Gasteiger partial charge is 0.522 e. The van der Waals surface area contributed by atoms with Crippen molar-refractivity contribution in [1.82, 2.24) is 9.88 Å². The number of ether oxygens (including phenoxy) is 5. The third-order valence-corrected chi connectivity index (χ3v) is 5.93. The third-order valence-electron chi connectivity index (χ3n) is 5.69. The van der Waals surface area contributed by atoms with Gasteiger partial charge in [-0.2, -0.15) is 0 Å². The Bertz CT molecular complexity index is 1040. The molecule has 2 fully saturated rings. The number of hydrogen-bond acceptors (Lipinski definition) is 7.